The lowest BCUT2D eigenvalue weighted by molar-refractivity contribution is 1.33. The van der Waals surface area contributed by atoms with Gasteiger partial charge >= 0.3 is 0 Å². The molecule has 1 aliphatic carbocycles. The quantitative estimate of drug-likeness (QED) is 0.120. The van der Waals surface area contributed by atoms with Crippen LogP contribution in [0, 0.1) is 0 Å². The van der Waals surface area contributed by atoms with Gasteiger partial charge in [0, 0.05) is 54.2 Å². The first kappa shape index (κ1) is 44.2. The Morgan fingerprint density at radius 2 is 0.603 bits per heavy atom. The molecule has 0 N–H and O–H groups in total. The second-order valence-corrected chi connectivity index (χ2v) is 20.4. The third kappa shape index (κ3) is 8.27. The van der Waals surface area contributed by atoms with E-state index in [9.17, 15) is 0 Å². The Labute approximate surface area is 435 Å². The molecule has 0 radical (unpaired) electrons. The minimum absolute atomic E-state index is 0.776. The van der Waals surface area contributed by atoms with Gasteiger partial charge in [-0.05, 0) is 99.1 Å². The highest BCUT2D eigenvalue weighted by molar-refractivity contribution is 7.19. The van der Waals surface area contributed by atoms with Crippen LogP contribution in [0.1, 0.15) is 27.3 Å². The molecule has 0 saturated carbocycles. The van der Waals surface area contributed by atoms with E-state index in [1.165, 1.54) is 97.0 Å². The van der Waals surface area contributed by atoms with E-state index >= 15 is 0 Å². The summed E-state index contributed by atoms with van der Waals surface area (Å²) in [5.41, 5.74) is 16.9. The minimum atomic E-state index is 0.776. The Morgan fingerprint density at radius 3 is 0.986 bits per heavy atom. The number of nitrogens with zero attached hydrogens (tertiary/aromatic N) is 2. The summed E-state index contributed by atoms with van der Waals surface area (Å²) in [5, 5.41) is 7.15. The Kier molecular flexibility index (Phi) is 11.8. The molecule has 1 aliphatic rings. The molecule has 0 aliphatic heterocycles. The number of thiophene rings is 2. The fourth-order valence-electron chi connectivity index (χ4n) is 10.7. The van der Waals surface area contributed by atoms with Gasteiger partial charge < -0.3 is 9.80 Å². The number of benzene rings is 10. The molecule has 346 valence electrons. The van der Waals surface area contributed by atoms with Crippen molar-refractivity contribution < 1.29 is 0 Å². The number of hydrogen-bond acceptors (Lipinski definition) is 4. The average Bonchev–Trinajstić information content (AvgIpc) is 4.22. The van der Waals surface area contributed by atoms with Crippen LogP contribution in [-0.2, 0) is 0 Å². The van der Waals surface area contributed by atoms with E-state index in [1.807, 2.05) is 22.7 Å². The molecule has 12 aromatic rings. The van der Waals surface area contributed by atoms with Crippen LogP contribution >= 0.6 is 22.7 Å². The third-order valence-electron chi connectivity index (χ3n) is 14.0. The van der Waals surface area contributed by atoms with Gasteiger partial charge in [-0.2, -0.15) is 0 Å². The molecule has 0 spiro atoms. The second kappa shape index (κ2) is 19.4. The first-order valence-corrected chi connectivity index (χ1v) is 26.5. The minimum Gasteiger partial charge on any atom is -0.301 e. The van der Waals surface area contributed by atoms with E-state index in [0.717, 1.165) is 29.2 Å². The highest BCUT2D eigenvalue weighted by Crippen LogP contribution is 2.59. The first-order chi connectivity index (χ1) is 36.2. The Balaban J connectivity index is 1.11. The summed E-state index contributed by atoms with van der Waals surface area (Å²) in [6.07, 6.45) is 0.776. The standard InChI is InChI=1S/C69H48N2S2/c1-7-25-50(26-8-1)58-45-59(51-27-9-2-10-28-51)67(65-47-61(53-31-13-4-14-32-53)69(73-65)71(55-39-17-6-18-40-55)63-44-24-36-49-34-20-22-42-57(49)63)66(58)64-46-60(52-29-11-3-12-30-52)68(72-64)70(54-37-15-5-16-38-54)62-43-23-35-48-33-19-21-41-56(48)62/h1-44,46-47H,45H2. The van der Waals surface area contributed by atoms with E-state index < -0.39 is 0 Å². The molecule has 0 bridgehead atoms. The van der Waals surface area contributed by atoms with Crippen LogP contribution in [0.3, 0.4) is 0 Å². The van der Waals surface area contributed by atoms with E-state index in [-0.39, 0.29) is 0 Å². The van der Waals surface area contributed by atoms with Crippen LogP contribution in [0.4, 0.5) is 32.8 Å². The number of fused-ring (bicyclic) bond motifs is 2. The fraction of sp³-hybridized carbons (Fsp3) is 0.0145. The number of anilines is 6. The molecule has 0 amide bonds. The van der Waals surface area contributed by atoms with Gasteiger partial charge in [0.25, 0.3) is 0 Å². The van der Waals surface area contributed by atoms with Gasteiger partial charge in [-0.25, -0.2) is 0 Å². The fourth-order valence-corrected chi connectivity index (χ4v) is 13.2. The van der Waals surface area contributed by atoms with Gasteiger partial charge in [0.2, 0.25) is 0 Å². The topological polar surface area (TPSA) is 6.48 Å². The van der Waals surface area contributed by atoms with Gasteiger partial charge in [-0.15, -0.1) is 22.7 Å². The number of hydrogen-bond donors (Lipinski definition) is 0. The predicted octanol–water partition coefficient (Wildman–Crippen LogP) is 20.3. The zero-order valence-corrected chi connectivity index (χ0v) is 41.6. The molecule has 73 heavy (non-hydrogen) atoms. The zero-order chi connectivity index (χ0) is 48.5. The molecule has 2 nitrogen and oxygen atoms in total. The number of allylic oxidation sites excluding steroid dienone is 4. The normalized spacial score (nSPS) is 12.5. The summed E-state index contributed by atoms with van der Waals surface area (Å²) < 4.78 is 0. The summed E-state index contributed by atoms with van der Waals surface area (Å²) in [4.78, 5) is 7.44. The maximum Gasteiger partial charge on any atom is 0.109 e. The predicted molar refractivity (Wildman–Crippen MR) is 315 cm³/mol. The third-order valence-corrected chi connectivity index (χ3v) is 16.3. The summed E-state index contributed by atoms with van der Waals surface area (Å²) in [5.74, 6) is 0. The maximum absolute atomic E-state index is 2.50. The largest absolute Gasteiger partial charge is 0.301 e. The van der Waals surface area contributed by atoms with Crippen LogP contribution in [0.15, 0.2) is 279 Å². The lowest BCUT2D eigenvalue weighted by atomic mass is 9.95. The van der Waals surface area contributed by atoms with Gasteiger partial charge in [-0.3, -0.25) is 0 Å². The van der Waals surface area contributed by atoms with Gasteiger partial charge in [0.05, 0.1) is 11.4 Å². The van der Waals surface area contributed by atoms with E-state index in [4.69, 9.17) is 0 Å². The number of para-hydroxylation sites is 2. The molecule has 0 atom stereocenters. The monoisotopic (exact) mass is 968 g/mol. The van der Waals surface area contributed by atoms with E-state index in [2.05, 4.69) is 289 Å². The van der Waals surface area contributed by atoms with Crippen LogP contribution in [0.5, 0.6) is 0 Å². The van der Waals surface area contributed by atoms with Crippen LogP contribution < -0.4 is 9.80 Å². The van der Waals surface area contributed by atoms with Gasteiger partial charge in [0.1, 0.15) is 10.0 Å². The average molecular weight is 969 g/mol. The molecule has 2 heterocycles. The van der Waals surface area contributed by atoms with Crippen LogP contribution in [0.2, 0.25) is 0 Å². The summed E-state index contributed by atoms with van der Waals surface area (Å²) in [6, 6.07) is 102. The van der Waals surface area contributed by atoms with Gasteiger partial charge in [0.15, 0.2) is 0 Å². The molecule has 4 heteroatoms. The van der Waals surface area contributed by atoms with Crippen LogP contribution in [0.25, 0.3) is 66.1 Å². The van der Waals surface area contributed by atoms with Gasteiger partial charge in [-0.1, -0.05) is 231 Å². The molecule has 2 aromatic heterocycles. The number of rotatable bonds is 12. The molecular weight excluding hydrogens is 921 g/mol. The Bertz CT molecular complexity index is 3700. The van der Waals surface area contributed by atoms with Crippen molar-refractivity contribution in [2.45, 2.75) is 6.42 Å². The summed E-state index contributed by atoms with van der Waals surface area (Å²) in [6.45, 7) is 0. The maximum atomic E-state index is 2.50. The highest BCUT2D eigenvalue weighted by Gasteiger charge is 2.34. The van der Waals surface area contributed by atoms with E-state index in [0.29, 0.717) is 0 Å². The van der Waals surface area contributed by atoms with Crippen LogP contribution in [-0.4, -0.2) is 0 Å². The van der Waals surface area contributed by atoms with Crippen molar-refractivity contribution in [3.05, 3.63) is 300 Å². The summed E-state index contributed by atoms with van der Waals surface area (Å²) >= 11 is 3.78. The molecule has 10 aromatic carbocycles. The molecule has 0 saturated heterocycles. The highest BCUT2D eigenvalue weighted by atomic mass is 32.1. The first-order valence-electron chi connectivity index (χ1n) is 24.9. The second-order valence-electron chi connectivity index (χ2n) is 18.3. The molecular formula is C69H48N2S2. The summed E-state index contributed by atoms with van der Waals surface area (Å²) in [7, 11) is 0. The molecule has 0 fully saturated rings. The zero-order valence-electron chi connectivity index (χ0n) is 40.0. The Morgan fingerprint density at radius 1 is 0.288 bits per heavy atom. The van der Waals surface area contributed by atoms with Crippen molar-refractivity contribution in [2.75, 3.05) is 9.80 Å². The van der Waals surface area contributed by atoms with Crippen molar-refractivity contribution in [1.82, 2.24) is 0 Å². The molecule has 13 rings (SSSR count). The van der Waals surface area contributed by atoms with Crippen molar-refractivity contribution in [1.29, 1.82) is 0 Å². The van der Waals surface area contributed by atoms with E-state index in [1.54, 1.807) is 0 Å². The van der Waals surface area contributed by atoms with Crippen molar-refractivity contribution in [3.63, 3.8) is 0 Å². The lowest BCUT2D eigenvalue weighted by Gasteiger charge is -2.27. The molecule has 0 unspecified atom stereocenters. The Hall–Kier alpha value is -8.80. The van der Waals surface area contributed by atoms with Crippen molar-refractivity contribution >= 4 is 99.3 Å². The SMILES string of the molecule is c1ccc(C2=C(c3cc(-c4ccccc4)c(N(c4ccccc4)c4cccc5ccccc45)s3)C(c3cc(-c4ccccc4)c(N(c4ccccc4)c4cccc5ccccc45)s3)=C(c3ccccc3)C2)cc1. The van der Waals surface area contributed by atoms with Crippen molar-refractivity contribution in [2.24, 2.45) is 0 Å². The lowest BCUT2D eigenvalue weighted by Crippen LogP contribution is -2.09. The smallest absolute Gasteiger partial charge is 0.109 e. The van der Waals surface area contributed by atoms with Crippen molar-refractivity contribution in [3.8, 4) is 22.3 Å².